The molecule has 0 saturated heterocycles. The highest BCUT2D eigenvalue weighted by Gasteiger charge is 2.17. The first-order chi connectivity index (χ1) is 7.47. The molecule has 0 saturated carbocycles. The molecule has 1 unspecified atom stereocenters. The van der Waals surface area contributed by atoms with E-state index in [9.17, 15) is 9.59 Å². The van der Waals surface area contributed by atoms with Gasteiger partial charge in [-0.3, -0.25) is 4.79 Å². The monoisotopic (exact) mass is 228 g/mol. The van der Waals surface area contributed by atoms with E-state index in [1.807, 2.05) is 13.8 Å². The Morgan fingerprint density at radius 2 is 2.06 bits per heavy atom. The standard InChI is InChI=1S/C11H20N2O3/c1-4-5-9(11(15)16)13-10(14)6-7-12-8(2)3/h4,8-9,12H,1,5-7H2,2-3H3,(H,13,14)(H,15,16). The third-order valence-electron chi connectivity index (χ3n) is 1.94. The lowest BCUT2D eigenvalue weighted by Gasteiger charge is -2.13. The zero-order valence-corrected chi connectivity index (χ0v) is 9.82. The van der Waals surface area contributed by atoms with Gasteiger partial charge >= 0.3 is 5.97 Å². The molecule has 1 atom stereocenters. The summed E-state index contributed by atoms with van der Waals surface area (Å²) in [6, 6.07) is -0.555. The number of carbonyl (C=O) groups excluding carboxylic acids is 1. The molecule has 0 aliphatic rings. The normalized spacial score (nSPS) is 12.2. The van der Waals surface area contributed by atoms with Gasteiger partial charge in [0.15, 0.2) is 0 Å². The number of hydrogen-bond donors (Lipinski definition) is 3. The highest BCUT2D eigenvalue weighted by molar-refractivity contribution is 5.83. The Labute approximate surface area is 95.9 Å². The van der Waals surface area contributed by atoms with E-state index in [0.29, 0.717) is 12.6 Å². The maximum absolute atomic E-state index is 11.4. The van der Waals surface area contributed by atoms with E-state index in [1.54, 1.807) is 0 Å². The molecule has 0 aromatic rings. The molecule has 0 radical (unpaired) electrons. The second-order valence-electron chi connectivity index (χ2n) is 3.84. The Kier molecular flexibility index (Phi) is 7.20. The van der Waals surface area contributed by atoms with Crippen LogP contribution in [0.2, 0.25) is 0 Å². The first kappa shape index (κ1) is 14.6. The molecule has 0 bridgehead atoms. The van der Waals surface area contributed by atoms with Crippen LogP contribution in [0, 0.1) is 0 Å². The van der Waals surface area contributed by atoms with Crippen LogP contribution in [-0.4, -0.2) is 35.6 Å². The van der Waals surface area contributed by atoms with Crippen LogP contribution in [0.25, 0.3) is 0 Å². The van der Waals surface area contributed by atoms with Crippen molar-refractivity contribution in [2.75, 3.05) is 6.54 Å². The van der Waals surface area contributed by atoms with Crippen LogP contribution in [-0.2, 0) is 9.59 Å². The van der Waals surface area contributed by atoms with Crippen LogP contribution in [0.15, 0.2) is 12.7 Å². The minimum absolute atomic E-state index is 0.235. The van der Waals surface area contributed by atoms with Crippen LogP contribution in [0.1, 0.15) is 26.7 Å². The first-order valence-electron chi connectivity index (χ1n) is 5.33. The summed E-state index contributed by atoms with van der Waals surface area (Å²) in [4.78, 5) is 22.1. The minimum atomic E-state index is -1.04. The summed E-state index contributed by atoms with van der Waals surface area (Å²) < 4.78 is 0. The van der Waals surface area contributed by atoms with Gasteiger partial charge in [0.25, 0.3) is 0 Å². The molecule has 16 heavy (non-hydrogen) atoms. The van der Waals surface area contributed by atoms with Crippen molar-refractivity contribution in [2.24, 2.45) is 0 Å². The summed E-state index contributed by atoms with van der Waals surface area (Å²) in [6.45, 7) is 7.96. The molecule has 3 N–H and O–H groups in total. The largest absolute Gasteiger partial charge is 0.480 e. The Balaban J connectivity index is 3.91. The van der Waals surface area contributed by atoms with Crippen molar-refractivity contribution in [2.45, 2.75) is 38.8 Å². The number of carboxylic acid groups (broad SMARTS) is 1. The van der Waals surface area contributed by atoms with E-state index in [-0.39, 0.29) is 18.7 Å². The molecule has 0 heterocycles. The van der Waals surface area contributed by atoms with E-state index in [4.69, 9.17) is 5.11 Å². The third-order valence-corrected chi connectivity index (χ3v) is 1.94. The van der Waals surface area contributed by atoms with Crippen molar-refractivity contribution < 1.29 is 14.7 Å². The zero-order chi connectivity index (χ0) is 12.6. The van der Waals surface area contributed by atoms with Gasteiger partial charge in [-0.1, -0.05) is 19.9 Å². The molecule has 5 heteroatoms. The fourth-order valence-electron chi connectivity index (χ4n) is 1.13. The molecule has 92 valence electrons. The highest BCUT2D eigenvalue weighted by Crippen LogP contribution is 1.94. The van der Waals surface area contributed by atoms with Crippen LogP contribution < -0.4 is 10.6 Å². The summed E-state index contributed by atoms with van der Waals surface area (Å²) in [7, 11) is 0. The van der Waals surface area contributed by atoms with E-state index >= 15 is 0 Å². The summed E-state index contributed by atoms with van der Waals surface area (Å²) in [5.41, 5.74) is 0. The van der Waals surface area contributed by atoms with Crippen molar-refractivity contribution in [3.8, 4) is 0 Å². The lowest BCUT2D eigenvalue weighted by molar-refractivity contribution is -0.141. The predicted octanol–water partition coefficient (Wildman–Crippen LogP) is 0.520. The van der Waals surface area contributed by atoms with Crippen molar-refractivity contribution in [3.63, 3.8) is 0 Å². The molecular formula is C11H20N2O3. The van der Waals surface area contributed by atoms with Gasteiger partial charge in [0, 0.05) is 19.0 Å². The Morgan fingerprint density at radius 3 is 2.50 bits per heavy atom. The zero-order valence-electron chi connectivity index (χ0n) is 9.82. The minimum Gasteiger partial charge on any atom is -0.480 e. The number of hydrogen-bond acceptors (Lipinski definition) is 3. The second-order valence-corrected chi connectivity index (χ2v) is 3.84. The quantitative estimate of drug-likeness (QED) is 0.529. The molecular weight excluding hydrogens is 208 g/mol. The molecule has 0 aliphatic heterocycles. The summed E-state index contributed by atoms with van der Waals surface area (Å²) in [5.74, 6) is -1.30. The molecule has 0 fully saturated rings. The van der Waals surface area contributed by atoms with Crippen LogP contribution in [0.4, 0.5) is 0 Å². The first-order valence-corrected chi connectivity index (χ1v) is 5.33. The fraction of sp³-hybridized carbons (Fsp3) is 0.636. The molecule has 0 aromatic heterocycles. The molecule has 0 aromatic carbocycles. The Bertz CT molecular complexity index is 252. The van der Waals surface area contributed by atoms with Crippen molar-refractivity contribution in [1.29, 1.82) is 0 Å². The van der Waals surface area contributed by atoms with E-state index < -0.39 is 12.0 Å². The molecule has 0 rings (SSSR count). The Morgan fingerprint density at radius 1 is 1.44 bits per heavy atom. The number of nitrogens with one attached hydrogen (secondary N) is 2. The summed E-state index contributed by atoms with van der Waals surface area (Å²) >= 11 is 0. The number of aliphatic carboxylic acids is 1. The van der Waals surface area contributed by atoms with Gasteiger partial charge in [0.1, 0.15) is 6.04 Å². The van der Waals surface area contributed by atoms with Crippen molar-refractivity contribution in [1.82, 2.24) is 10.6 Å². The highest BCUT2D eigenvalue weighted by atomic mass is 16.4. The Hall–Kier alpha value is -1.36. The average Bonchev–Trinajstić information content (AvgIpc) is 2.16. The van der Waals surface area contributed by atoms with Crippen LogP contribution >= 0.6 is 0 Å². The van der Waals surface area contributed by atoms with E-state index in [1.165, 1.54) is 6.08 Å². The summed E-state index contributed by atoms with van der Waals surface area (Å²) in [5, 5.41) is 14.3. The lowest BCUT2D eigenvalue weighted by Crippen LogP contribution is -2.41. The summed E-state index contributed by atoms with van der Waals surface area (Å²) in [6.07, 6.45) is 1.99. The molecule has 0 spiro atoms. The van der Waals surface area contributed by atoms with Gasteiger partial charge in [-0.05, 0) is 6.42 Å². The topological polar surface area (TPSA) is 78.4 Å². The molecule has 1 amide bonds. The number of carboxylic acids is 1. The van der Waals surface area contributed by atoms with Gasteiger partial charge < -0.3 is 15.7 Å². The van der Waals surface area contributed by atoms with E-state index in [2.05, 4.69) is 17.2 Å². The van der Waals surface area contributed by atoms with E-state index in [0.717, 1.165) is 0 Å². The van der Waals surface area contributed by atoms with Gasteiger partial charge in [-0.15, -0.1) is 6.58 Å². The fourth-order valence-corrected chi connectivity index (χ4v) is 1.13. The van der Waals surface area contributed by atoms with Gasteiger partial charge in [-0.25, -0.2) is 4.79 Å². The number of rotatable bonds is 8. The smallest absolute Gasteiger partial charge is 0.326 e. The maximum atomic E-state index is 11.4. The molecule has 5 nitrogen and oxygen atoms in total. The average molecular weight is 228 g/mol. The number of carbonyl (C=O) groups is 2. The van der Waals surface area contributed by atoms with Crippen LogP contribution in [0.5, 0.6) is 0 Å². The van der Waals surface area contributed by atoms with Gasteiger partial charge in [0.2, 0.25) is 5.91 Å². The van der Waals surface area contributed by atoms with Gasteiger partial charge in [0.05, 0.1) is 0 Å². The van der Waals surface area contributed by atoms with Crippen molar-refractivity contribution in [3.05, 3.63) is 12.7 Å². The third kappa shape index (κ3) is 7.00. The maximum Gasteiger partial charge on any atom is 0.326 e. The number of amides is 1. The predicted molar refractivity (Wildman–Crippen MR) is 62.1 cm³/mol. The SMILES string of the molecule is C=CCC(NC(=O)CCNC(C)C)C(=O)O. The lowest BCUT2D eigenvalue weighted by atomic mass is 10.2. The van der Waals surface area contributed by atoms with Crippen LogP contribution in [0.3, 0.4) is 0 Å². The second kappa shape index (κ2) is 7.87. The van der Waals surface area contributed by atoms with Gasteiger partial charge in [-0.2, -0.15) is 0 Å². The molecule has 0 aliphatic carbocycles. The van der Waals surface area contributed by atoms with Crippen molar-refractivity contribution >= 4 is 11.9 Å².